The molecule has 0 aliphatic carbocycles. The Hall–Kier alpha value is -1.52. The first-order valence-electron chi connectivity index (χ1n) is 5.77. The van der Waals surface area contributed by atoms with Gasteiger partial charge in [-0.15, -0.1) is 0 Å². The van der Waals surface area contributed by atoms with Crippen LogP contribution in [0, 0.1) is 5.82 Å². The van der Waals surface area contributed by atoms with Crippen LogP contribution in [0.2, 0.25) is 0 Å². The van der Waals surface area contributed by atoms with Crippen LogP contribution in [0.5, 0.6) is 0 Å². The second kappa shape index (κ2) is 5.84. The molecular formula is C12H8F10O. The van der Waals surface area contributed by atoms with Crippen molar-refractivity contribution in [2.24, 2.45) is 0 Å². The zero-order valence-electron chi connectivity index (χ0n) is 10.8. The quantitative estimate of drug-likeness (QED) is 0.756. The number of hydrogen-bond donors (Lipinski definition) is 1. The Morgan fingerprint density at radius 2 is 1.39 bits per heavy atom. The van der Waals surface area contributed by atoms with Crippen molar-refractivity contribution in [1.29, 1.82) is 0 Å². The maximum atomic E-state index is 13.3. The lowest BCUT2D eigenvalue weighted by Crippen LogP contribution is -2.61. The summed E-state index contributed by atoms with van der Waals surface area (Å²) in [5.41, 5.74) is -0.684. The van der Waals surface area contributed by atoms with Gasteiger partial charge < -0.3 is 5.11 Å². The van der Waals surface area contributed by atoms with Crippen LogP contribution in [0.1, 0.15) is 18.1 Å². The molecule has 11 heteroatoms. The average Bonchev–Trinajstić information content (AvgIpc) is 2.36. The lowest BCUT2D eigenvalue weighted by Gasteiger charge is -2.34. The van der Waals surface area contributed by atoms with E-state index in [1.807, 2.05) is 0 Å². The number of rotatable bonds is 5. The van der Waals surface area contributed by atoms with E-state index in [-0.39, 0.29) is 0 Å². The Labute approximate surface area is 122 Å². The van der Waals surface area contributed by atoms with E-state index in [0.29, 0.717) is 6.07 Å². The van der Waals surface area contributed by atoms with Gasteiger partial charge in [0, 0.05) is 6.42 Å². The van der Waals surface area contributed by atoms with Gasteiger partial charge in [-0.2, -0.15) is 39.5 Å². The van der Waals surface area contributed by atoms with Crippen LogP contribution >= 0.6 is 0 Å². The SMILES string of the molecule is OC(CC(F)(F)C(F)(F)C(F)(F)C(F)(F)F)c1cccc(F)c1. The van der Waals surface area contributed by atoms with E-state index in [2.05, 4.69) is 0 Å². The predicted molar refractivity (Wildman–Crippen MR) is 56.9 cm³/mol. The van der Waals surface area contributed by atoms with Crippen LogP contribution in [0.15, 0.2) is 24.3 Å². The third-order valence-corrected chi connectivity index (χ3v) is 2.89. The highest BCUT2D eigenvalue weighted by molar-refractivity contribution is 5.19. The number of hydrogen-bond acceptors (Lipinski definition) is 1. The fraction of sp³-hybridized carbons (Fsp3) is 0.500. The highest BCUT2D eigenvalue weighted by atomic mass is 19.4. The standard InChI is InChI=1S/C12H8F10O/c13-7-3-1-2-6(4-7)8(23)5-9(14,15)10(16,17)11(18,19)12(20,21)22/h1-4,8,23H,5H2. The zero-order chi connectivity index (χ0) is 18.3. The summed E-state index contributed by atoms with van der Waals surface area (Å²) in [5, 5.41) is 9.31. The maximum absolute atomic E-state index is 13.3. The molecule has 1 aromatic rings. The van der Waals surface area contributed by atoms with Gasteiger partial charge in [0.2, 0.25) is 0 Å². The van der Waals surface area contributed by atoms with Gasteiger partial charge in [0.25, 0.3) is 0 Å². The first kappa shape index (κ1) is 19.5. The van der Waals surface area contributed by atoms with E-state index >= 15 is 0 Å². The molecule has 0 aliphatic heterocycles. The van der Waals surface area contributed by atoms with Gasteiger partial charge in [-0.05, 0) is 17.7 Å². The topological polar surface area (TPSA) is 20.2 Å². The van der Waals surface area contributed by atoms with E-state index in [4.69, 9.17) is 0 Å². The Morgan fingerprint density at radius 3 is 1.83 bits per heavy atom. The van der Waals surface area contributed by atoms with Gasteiger partial charge in [0.15, 0.2) is 0 Å². The van der Waals surface area contributed by atoms with E-state index in [1.165, 1.54) is 0 Å². The van der Waals surface area contributed by atoms with Gasteiger partial charge in [-0.25, -0.2) is 4.39 Å². The largest absolute Gasteiger partial charge is 0.460 e. The fourth-order valence-corrected chi connectivity index (χ4v) is 1.61. The second-order valence-electron chi connectivity index (χ2n) is 4.63. The van der Waals surface area contributed by atoms with Crippen molar-refractivity contribution < 1.29 is 49.0 Å². The second-order valence-corrected chi connectivity index (χ2v) is 4.63. The first-order valence-corrected chi connectivity index (χ1v) is 5.77. The van der Waals surface area contributed by atoms with Gasteiger partial charge in [-0.1, -0.05) is 12.1 Å². The molecular weight excluding hydrogens is 350 g/mol. The minimum Gasteiger partial charge on any atom is -0.388 e. The molecule has 0 radical (unpaired) electrons. The van der Waals surface area contributed by atoms with E-state index < -0.39 is 47.8 Å². The molecule has 1 N–H and O–H groups in total. The number of aliphatic hydroxyl groups excluding tert-OH is 1. The fourth-order valence-electron chi connectivity index (χ4n) is 1.61. The van der Waals surface area contributed by atoms with Crippen molar-refractivity contribution >= 4 is 0 Å². The van der Waals surface area contributed by atoms with Crippen molar-refractivity contribution in [2.45, 2.75) is 36.5 Å². The summed E-state index contributed by atoms with van der Waals surface area (Å²) in [5.74, 6) is -20.8. The molecule has 0 aliphatic rings. The average molecular weight is 358 g/mol. The lowest BCUT2D eigenvalue weighted by molar-refractivity contribution is -0.398. The maximum Gasteiger partial charge on any atom is 0.460 e. The summed E-state index contributed by atoms with van der Waals surface area (Å²) in [6.45, 7) is 0. The van der Waals surface area contributed by atoms with Crippen LogP contribution < -0.4 is 0 Å². The van der Waals surface area contributed by atoms with Crippen LogP contribution in [0.3, 0.4) is 0 Å². The Kier molecular flexibility index (Phi) is 4.96. The Balaban J connectivity index is 3.10. The van der Waals surface area contributed by atoms with Crippen LogP contribution in [-0.4, -0.2) is 29.1 Å². The summed E-state index contributed by atoms with van der Waals surface area (Å²) in [6.07, 6.45) is -12.0. The molecule has 1 nitrogen and oxygen atoms in total. The third-order valence-electron chi connectivity index (χ3n) is 2.89. The van der Waals surface area contributed by atoms with Crippen molar-refractivity contribution in [3.05, 3.63) is 35.6 Å². The van der Waals surface area contributed by atoms with E-state index in [0.717, 1.165) is 18.2 Å². The summed E-state index contributed by atoms with van der Waals surface area (Å²) < 4.78 is 126. The predicted octanol–water partition coefficient (Wildman–Crippen LogP) is 4.72. The van der Waals surface area contributed by atoms with Gasteiger partial charge in [-0.3, -0.25) is 0 Å². The summed E-state index contributed by atoms with van der Waals surface area (Å²) in [7, 11) is 0. The van der Waals surface area contributed by atoms with Crippen molar-refractivity contribution in [1.82, 2.24) is 0 Å². The summed E-state index contributed by atoms with van der Waals surface area (Å²) in [6, 6.07) is 2.96. The molecule has 132 valence electrons. The molecule has 0 bridgehead atoms. The molecule has 0 heterocycles. The monoisotopic (exact) mass is 358 g/mol. The molecule has 0 saturated carbocycles. The van der Waals surface area contributed by atoms with Gasteiger partial charge in [0.05, 0.1) is 6.10 Å². The molecule has 0 spiro atoms. The molecule has 1 unspecified atom stereocenters. The number of benzene rings is 1. The van der Waals surface area contributed by atoms with Crippen LogP contribution in [0.25, 0.3) is 0 Å². The molecule has 0 aromatic heterocycles. The molecule has 0 saturated heterocycles. The van der Waals surface area contributed by atoms with Crippen molar-refractivity contribution in [3.8, 4) is 0 Å². The summed E-state index contributed by atoms with van der Waals surface area (Å²) in [4.78, 5) is 0. The highest BCUT2D eigenvalue weighted by Crippen LogP contribution is 2.55. The zero-order valence-corrected chi connectivity index (χ0v) is 10.8. The highest BCUT2D eigenvalue weighted by Gasteiger charge is 2.81. The number of alkyl halides is 9. The smallest absolute Gasteiger partial charge is 0.388 e. The number of aliphatic hydroxyl groups is 1. The molecule has 1 aromatic carbocycles. The third kappa shape index (κ3) is 3.54. The molecule has 23 heavy (non-hydrogen) atoms. The minimum absolute atomic E-state index is 0.445. The molecule has 1 rings (SSSR count). The van der Waals surface area contributed by atoms with Gasteiger partial charge >= 0.3 is 23.9 Å². The first-order chi connectivity index (χ1) is 10.1. The molecule has 1 atom stereocenters. The van der Waals surface area contributed by atoms with Crippen molar-refractivity contribution in [2.75, 3.05) is 0 Å². The molecule has 0 fully saturated rings. The Morgan fingerprint density at radius 1 is 0.870 bits per heavy atom. The van der Waals surface area contributed by atoms with Crippen LogP contribution in [-0.2, 0) is 0 Å². The van der Waals surface area contributed by atoms with Crippen molar-refractivity contribution in [3.63, 3.8) is 0 Å². The van der Waals surface area contributed by atoms with E-state index in [1.54, 1.807) is 0 Å². The Bertz CT molecular complexity index is 551. The van der Waals surface area contributed by atoms with Gasteiger partial charge in [0.1, 0.15) is 5.82 Å². The number of halogens is 10. The normalized spacial score (nSPS) is 15.6. The van der Waals surface area contributed by atoms with Crippen LogP contribution in [0.4, 0.5) is 43.9 Å². The molecule has 0 amide bonds. The minimum atomic E-state index is -7.02. The summed E-state index contributed by atoms with van der Waals surface area (Å²) >= 11 is 0. The lowest BCUT2D eigenvalue weighted by atomic mass is 9.95. The van der Waals surface area contributed by atoms with E-state index in [9.17, 15) is 49.0 Å².